The van der Waals surface area contributed by atoms with E-state index in [9.17, 15) is 4.79 Å². The summed E-state index contributed by atoms with van der Waals surface area (Å²) >= 11 is 1.41. The Balaban J connectivity index is 1.92. The quantitative estimate of drug-likeness (QED) is 0.799. The molecule has 0 saturated heterocycles. The number of hydrogen-bond donors (Lipinski definition) is 1. The summed E-state index contributed by atoms with van der Waals surface area (Å²) in [6.45, 7) is 0. The van der Waals surface area contributed by atoms with E-state index in [0.717, 1.165) is 5.56 Å². The number of anilines is 1. The van der Waals surface area contributed by atoms with E-state index in [1.807, 2.05) is 64.8 Å². The minimum Gasteiger partial charge on any atom is -0.338 e. The van der Waals surface area contributed by atoms with Crippen molar-refractivity contribution in [3.05, 3.63) is 72.0 Å². The SMILES string of the molecule is O=C(Nc1nccs1)C(c1ccccc1)n1cccc1. The highest BCUT2D eigenvalue weighted by atomic mass is 32.1. The number of nitrogens with zero attached hydrogens (tertiary/aromatic N) is 2. The fraction of sp³-hybridized carbons (Fsp3) is 0.0667. The summed E-state index contributed by atoms with van der Waals surface area (Å²) in [7, 11) is 0. The molecule has 1 N–H and O–H groups in total. The van der Waals surface area contributed by atoms with Crippen LogP contribution in [0, 0.1) is 0 Å². The molecular weight excluding hydrogens is 270 g/mol. The molecule has 0 radical (unpaired) electrons. The van der Waals surface area contributed by atoms with Crippen LogP contribution < -0.4 is 5.32 Å². The molecule has 3 aromatic rings. The molecule has 0 fully saturated rings. The Morgan fingerprint density at radius 1 is 1.15 bits per heavy atom. The van der Waals surface area contributed by atoms with E-state index in [1.54, 1.807) is 6.20 Å². The normalized spacial score (nSPS) is 12.0. The Labute approximate surface area is 120 Å². The molecule has 0 spiro atoms. The van der Waals surface area contributed by atoms with Crippen LogP contribution in [0.5, 0.6) is 0 Å². The first-order chi connectivity index (χ1) is 9.84. The lowest BCUT2D eigenvalue weighted by Gasteiger charge is -2.18. The van der Waals surface area contributed by atoms with Gasteiger partial charge in [0.2, 0.25) is 0 Å². The summed E-state index contributed by atoms with van der Waals surface area (Å²) in [6.07, 6.45) is 5.45. The van der Waals surface area contributed by atoms with Gasteiger partial charge in [-0.1, -0.05) is 30.3 Å². The molecule has 0 saturated carbocycles. The molecule has 20 heavy (non-hydrogen) atoms. The standard InChI is InChI=1S/C15H13N3OS/c19-14(17-15-16-8-11-20-15)13(18-9-4-5-10-18)12-6-2-1-3-7-12/h1-11,13H,(H,16,17,19). The van der Waals surface area contributed by atoms with E-state index >= 15 is 0 Å². The Bertz CT molecular complexity index is 662. The lowest BCUT2D eigenvalue weighted by atomic mass is 10.1. The Hall–Kier alpha value is -2.40. The lowest BCUT2D eigenvalue weighted by molar-refractivity contribution is -0.118. The first-order valence-corrected chi connectivity index (χ1v) is 7.10. The molecule has 0 bridgehead atoms. The summed E-state index contributed by atoms with van der Waals surface area (Å²) in [5.74, 6) is -0.0950. The maximum absolute atomic E-state index is 12.5. The van der Waals surface area contributed by atoms with Crippen LogP contribution in [0.15, 0.2) is 66.4 Å². The molecule has 1 atom stereocenters. The second-order valence-electron chi connectivity index (χ2n) is 4.27. The van der Waals surface area contributed by atoms with Crippen molar-refractivity contribution >= 4 is 22.4 Å². The van der Waals surface area contributed by atoms with Gasteiger partial charge in [-0.25, -0.2) is 4.98 Å². The summed E-state index contributed by atoms with van der Waals surface area (Å²) in [5, 5.41) is 5.31. The maximum Gasteiger partial charge on any atom is 0.253 e. The fourth-order valence-electron chi connectivity index (χ4n) is 2.07. The van der Waals surface area contributed by atoms with Gasteiger partial charge in [0.1, 0.15) is 6.04 Å². The van der Waals surface area contributed by atoms with E-state index in [4.69, 9.17) is 0 Å². The number of thiazole rings is 1. The second kappa shape index (κ2) is 5.71. The predicted molar refractivity (Wildman–Crippen MR) is 79.8 cm³/mol. The van der Waals surface area contributed by atoms with Gasteiger partial charge in [-0.3, -0.25) is 10.1 Å². The zero-order chi connectivity index (χ0) is 13.8. The Morgan fingerprint density at radius 3 is 2.55 bits per heavy atom. The van der Waals surface area contributed by atoms with Gasteiger partial charge in [-0.15, -0.1) is 11.3 Å². The van der Waals surface area contributed by atoms with Crippen molar-refractivity contribution in [2.45, 2.75) is 6.04 Å². The van der Waals surface area contributed by atoms with E-state index in [1.165, 1.54) is 11.3 Å². The highest BCUT2D eigenvalue weighted by molar-refractivity contribution is 7.13. The molecule has 3 rings (SSSR count). The molecule has 0 aliphatic carbocycles. The van der Waals surface area contributed by atoms with Gasteiger partial charge in [0.25, 0.3) is 5.91 Å². The first-order valence-electron chi connectivity index (χ1n) is 6.22. The van der Waals surface area contributed by atoms with Crippen LogP contribution in [-0.2, 0) is 4.79 Å². The largest absolute Gasteiger partial charge is 0.338 e. The topological polar surface area (TPSA) is 46.9 Å². The van der Waals surface area contributed by atoms with Gasteiger partial charge < -0.3 is 4.57 Å². The average molecular weight is 283 g/mol. The lowest BCUT2D eigenvalue weighted by Crippen LogP contribution is -2.26. The number of carbonyl (C=O) groups is 1. The molecule has 4 nitrogen and oxygen atoms in total. The van der Waals surface area contributed by atoms with Gasteiger partial charge in [-0.05, 0) is 17.7 Å². The molecule has 2 aromatic heterocycles. The Kier molecular flexibility index (Phi) is 3.60. The van der Waals surface area contributed by atoms with E-state index in [2.05, 4.69) is 10.3 Å². The molecule has 5 heteroatoms. The number of carbonyl (C=O) groups excluding carboxylic acids is 1. The predicted octanol–water partition coefficient (Wildman–Crippen LogP) is 3.17. The number of hydrogen-bond acceptors (Lipinski definition) is 3. The van der Waals surface area contributed by atoms with Crippen LogP contribution in [0.4, 0.5) is 5.13 Å². The van der Waals surface area contributed by atoms with Crippen molar-refractivity contribution in [3.63, 3.8) is 0 Å². The molecule has 1 amide bonds. The summed E-state index contributed by atoms with van der Waals surface area (Å²) in [6, 6.07) is 13.1. The highest BCUT2D eigenvalue weighted by Gasteiger charge is 2.22. The van der Waals surface area contributed by atoms with Crippen molar-refractivity contribution < 1.29 is 4.79 Å². The number of rotatable bonds is 4. The average Bonchev–Trinajstić information content (AvgIpc) is 3.14. The third-order valence-corrected chi connectivity index (χ3v) is 3.64. The summed E-state index contributed by atoms with van der Waals surface area (Å²) in [4.78, 5) is 16.6. The van der Waals surface area contributed by atoms with Gasteiger partial charge in [0, 0.05) is 24.0 Å². The molecule has 2 heterocycles. The smallest absolute Gasteiger partial charge is 0.253 e. The van der Waals surface area contributed by atoms with Gasteiger partial charge in [-0.2, -0.15) is 0 Å². The van der Waals surface area contributed by atoms with E-state index in [-0.39, 0.29) is 5.91 Å². The van der Waals surface area contributed by atoms with Crippen molar-refractivity contribution in [2.75, 3.05) is 5.32 Å². The van der Waals surface area contributed by atoms with Crippen LogP contribution in [0.2, 0.25) is 0 Å². The minimum atomic E-state index is -0.393. The van der Waals surface area contributed by atoms with E-state index in [0.29, 0.717) is 5.13 Å². The number of aromatic nitrogens is 2. The van der Waals surface area contributed by atoms with Crippen LogP contribution in [0.25, 0.3) is 0 Å². The van der Waals surface area contributed by atoms with Crippen LogP contribution >= 0.6 is 11.3 Å². The van der Waals surface area contributed by atoms with Crippen LogP contribution in [0.1, 0.15) is 11.6 Å². The maximum atomic E-state index is 12.5. The Morgan fingerprint density at radius 2 is 1.90 bits per heavy atom. The first kappa shape index (κ1) is 12.6. The monoisotopic (exact) mass is 283 g/mol. The minimum absolute atomic E-state index is 0.0950. The van der Waals surface area contributed by atoms with Crippen LogP contribution in [0.3, 0.4) is 0 Å². The van der Waals surface area contributed by atoms with Crippen LogP contribution in [-0.4, -0.2) is 15.5 Å². The van der Waals surface area contributed by atoms with Crippen molar-refractivity contribution in [1.29, 1.82) is 0 Å². The highest BCUT2D eigenvalue weighted by Crippen LogP contribution is 2.21. The van der Waals surface area contributed by atoms with Gasteiger partial charge >= 0.3 is 0 Å². The zero-order valence-corrected chi connectivity index (χ0v) is 11.5. The van der Waals surface area contributed by atoms with Gasteiger partial charge in [0.05, 0.1) is 0 Å². The fourth-order valence-corrected chi connectivity index (χ4v) is 2.60. The molecule has 1 unspecified atom stereocenters. The molecular formula is C15H13N3OS. The number of benzene rings is 1. The third kappa shape index (κ3) is 2.62. The van der Waals surface area contributed by atoms with Gasteiger partial charge in [0.15, 0.2) is 5.13 Å². The molecule has 0 aliphatic heterocycles. The zero-order valence-electron chi connectivity index (χ0n) is 10.6. The van der Waals surface area contributed by atoms with Crippen molar-refractivity contribution in [2.24, 2.45) is 0 Å². The second-order valence-corrected chi connectivity index (χ2v) is 5.16. The molecule has 100 valence electrons. The third-order valence-electron chi connectivity index (χ3n) is 2.95. The number of nitrogens with one attached hydrogen (secondary N) is 1. The van der Waals surface area contributed by atoms with E-state index < -0.39 is 6.04 Å². The van der Waals surface area contributed by atoms with Crippen molar-refractivity contribution in [1.82, 2.24) is 9.55 Å². The molecule has 1 aromatic carbocycles. The summed E-state index contributed by atoms with van der Waals surface area (Å²) in [5.41, 5.74) is 0.942. The number of amides is 1. The summed E-state index contributed by atoms with van der Waals surface area (Å²) < 4.78 is 1.89. The molecule has 0 aliphatic rings. The van der Waals surface area contributed by atoms with Crippen molar-refractivity contribution in [3.8, 4) is 0 Å².